The van der Waals surface area contributed by atoms with Crippen molar-refractivity contribution in [3.63, 3.8) is 0 Å². The molecule has 1 aromatic carbocycles. The lowest BCUT2D eigenvalue weighted by Gasteiger charge is -2.33. The predicted octanol–water partition coefficient (Wildman–Crippen LogP) is 0.453. The molecule has 102 valence electrons. The number of piperazine rings is 1. The van der Waals surface area contributed by atoms with E-state index < -0.39 is 16.9 Å². The lowest BCUT2D eigenvalue weighted by molar-refractivity contribution is -0.385. The van der Waals surface area contributed by atoms with Gasteiger partial charge in [-0.25, -0.2) is 0 Å². The zero-order valence-electron chi connectivity index (χ0n) is 10.3. The number of carboxylic acid groups (broad SMARTS) is 1. The minimum absolute atomic E-state index is 0.0326. The molecule has 0 saturated carbocycles. The SMILES string of the molecule is O=C(O)C1CNCCN1Cc1ccccc1[N+](=O)[O-]. The van der Waals surface area contributed by atoms with Crippen LogP contribution in [0.5, 0.6) is 0 Å². The highest BCUT2D eigenvalue weighted by atomic mass is 16.6. The molecule has 1 atom stereocenters. The van der Waals surface area contributed by atoms with Gasteiger partial charge in [0.05, 0.1) is 4.92 Å². The number of nitro groups is 1. The molecule has 1 saturated heterocycles. The number of para-hydroxylation sites is 1. The molecule has 19 heavy (non-hydrogen) atoms. The standard InChI is InChI=1S/C12H15N3O4/c16-12(17)11-7-13-5-6-14(11)8-9-3-1-2-4-10(9)15(18)19/h1-4,11,13H,5-8H2,(H,16,17). The van der Waals surface area contributed by atoms with Gasteiger partial charge in [-0.2, -0.15) is 0 Å². The number of nitro benzene ring substituents is 1. The van der Waals surface area contributed by atoms with Gasteiger partial charge in [-0.3, -0.25) is 19.8 Å². The summed E-state index contributed by atoms with van der Waals surface area (Å²) >= 11 is 0. The summed E-state index contributed by atoms with van der Waals surface area (Å²) in [4.78, 5) is 23.4. The Hall–Kier alpha value is -1.99. The van der Waals surface area contributed by atoms with Crippen LogP contribution >= 0.6 is 0 Å². The molecular weight excluding hydrogens is 250 g/mol. The maximum absolute atomic E-state index is 11.2. The molecule has 7 nitrogen and oxygen atoms in total. The molecular formula is C12H15N3O4. The molecule has 0 bridgehead atoms. The highest BCUT2D eigenvalue weighted by Gasteiger charge is 2.29. The van der Waals surface area contributed by atoms with E-state index in [1.807, 2.05) is 0 Å². The van der Waals surface area contributed by atoms with Gasteiger partial charge in [0.25, 0.3) is 5.69 Å². The Morgan fingerprint density at radius 3 is 2.95 bits per heavy atom. The fourth-order valence-electron chi connectivity index (χ4n) is 2.22. The van der Waals surface area contributed by atoms with Crippen molar-refractivity contribution < 1.29 is 14.8 Å². The lowest BCUT2D eigenvalue weighted by atomic mass is 10.1. The molecule has 1 unspecified atom stereocenters. The molecule has 2 rings (SSSR count). The Bertz CT molecular complexity index is 492. The van der Waals surface area contributed by atoms with Crippen molar-refractivity contribution in [1.82, 2.24) is 10.2 Å². The summed E-state index contributed by atoms with van der Waals surface area (Å²) in [5.41, 5.74) is 0.575. The Morgan fingerprint density at radius 2 is 2.26 bits per heavy atom. The highest BCUT2D eigenvalue weighted by Crippen LogP contribution is 2.21. The van der Waals surface area contributed by atoms with Crippen LogP contribution in [0.1, 0.15) is 5.56 Å². The van der Waals surface area contributed by atoms with Crippen LogP contribution in [-0.4, -0.2) is 46.6 Å². The first kappa shape index (κ1) is 13.4. The van der Waals surface area contributed by atoms with E-state index in [1.165, 1.54) is 6.07 Å². The summed E-state index contributed by atoms with van der Waals surface area (Å²) in [6.45, 7) is 1.87. The monoisotopic (exact) mass is 265 g/mol. The fourth-order valence-corrected chi connectivity index (χ4v) is 2.22. The number of benzene rings is 1. The van der Waals surface area contributed by atoms with Gasteiger partial charge in [0.15, 0.2) is 0 Å². The minimum atomic E-state index is -0.911. The quantitative estimate of drug-likeness (QED) is 0.606. The number of nitrogens with one attached hydrogen (secondary N) is 1. The molecule has 1 aromatic rings. The lowest BCUT2D eigenvalue weighted by Crippen LogP contribution is -2.54. The molecule has 1 aliphatic rings. The van der Waals surface area contributed by atoms with Gasteiger partial charge in [0.1, 0.15) is 6.04 Å². The van der Waals surface area contributed by atoms with Crippen LogP contribution in [0.4, 0.5) is 5.69 Å². The molecule has 7 heteroatoms. The second-order valence-electron chi connectivity index (χ2n) is 4.41. The predicted molar refractivity (Wildman–Crippen MR) is 67.8 cm³/mol. The molecule has 0 amide bonds. The first-order valence-electron chi connectivity index (χ1n) is 5.99. The molecule has 1 fully saturated rings. The third kappa shape index (κ3) is 3.07. The summed E-state index contributed by atoms with van der Waals surface area (Å²) < 4.78 is 0. The first-order chi connectivity index (χ1) is 9.09. The van der Waals surface area contributed by atoms with Crippen molar-refractivity contribution in [2.75, 3.05) is 19.6 Å². The average Bonchev–Trinajstić information content (AvgIpc) is 2.39. The zero-order chi connectivity index (χ0) is 13.8. The first-order valence-corrected chi connectivity index (χ1v) is 5.99. The second kappa shape index (κ2) is 5.77. The number of hydrogen-bond acceptors (Lipinski definition) is 5. The summed E-state index contributed by atoms with van der Waals surface area (Å²) in [6, 6.07) is 5.79. The van der Waals surface area contributed by atoms with Crippen LogP contribution in [0, 0.1) is 10.1 Å². The summed E-state index contributed by atoms with van der Waals surface area (Å²) in [6.07, 6.45) is 0. The summed E-state index contributed by atoms with van der Waals surface area (Å²) in [5.74, 6) is -0.911. The van der Waals surface area contributed by atoms with E-state index in [1.54, 1.807) is 23.1 Å². The number of rotatable bonds is 4. The van der Waals surface area contributed by atoms with Gasteiger partial charge in [-0.05, 0) is 0 Å². The van der Waals surface area contributed by atoms with Gasteiger partial charge in [0.2, 0.25) is 0 Å². The van der Waals surface area contributed by atoms with Crippen molar-refractivity contribution in [3.8, 4) is 0 Å². The van der Waals surface area contributed by atoms with Crippen LogP contribution in [0.3, 0.4) is 0 Å². The highest BCUT2D eigenvalue weighted by molar-refractivity contribution is 5.74. The smallest absolute Gasteiger partial charge is 0.322 e. The van der Waals surface area contributed by atoms with Crippen LogP contribution in [0.2, 0.25) is 0 Å². The van der Waals surface area contributed by atoms with Gasteiger partial charge in [-0.15, -0.1) is 0 Å². The van der Waals surface area contributed by atoms with Gasteiger partial charge in [0, 0.05) is 37.8 Å². The number of nitrogens with zero attached hydrogens (tertiary/aromatic N) is 2. The van der Waals surface area contributed by atoms with E-state index in [9.17, 15) is 14.9 Å². The molecule has 0 aromatic heterocycles. The van der Waals surface area contributed by atoms with E-state index >= 15 is 0 Å². The van der Waals surface area contributed by atoms with Crippen LogP contribution in [0.15, 0.2) is 24.3 Å². The van der Waals surface area contributed by atoms with Crippen molar-refractivity contribution in [1.29, 1.82) is 0 Å². The normalized spacial score (nSPS) is 20.1. The zero-order valence-corrected chi connectivity index (χ0v) is 10.3. The van der Waals surface area contributed by atoms with Crippen molar-refractivity contribution in [2.45, 2.75) is 12.6 Å². The third-order valence-electron chi connectivity index (χ3n) is 3.20. The van der Waals surface area contributed by atoms with Gasteiger partial charge >= 0.3 is 5.97 Å². The maximum atomic E-state index is 11.2. The van der Waals surface area contributed by atoms with E-state index in [0.717, 1.165) is 0 Å². The Kier molecular flexibility index (Phi) is 4.08. The second-order valence-corrected chi connectivity index (χ2v) is 4.41. The van der Waals surface area contributed by atoms with E-state index in [4.69, 9.17) is 5.11 Å². The Balaban J connectivity index is 2.19. The molecule has 2 N–H and O–H groups in total. The minimum Gasteiger partial charge on any atom is -0.480 e. The summed E-state index contributed by atoms with van der Waals surface area (Å²) in [5, 5.41) is 23.1. The average molecular weight is 265 g/mol. The van der Waals surface area contributed by atoms with Crippen molar-refractivity contribution in [3.05, 3.63) is 39.9 Å². The number of hydrogen-bond donors (Lipinski definition) is 2. The van der Waals surface area contributed by atoms with Gasteiger partial charge < -0.3 is 10.4 Å². The van der Waals surface area contributed by atoms with E-state index in [2.05, 4.69) is 5.32 Å². The largest absolute Gasteiger partial charge is 0.480 e. The molecule has 0 spiro atoms. The van der Waals surface area contributed by atoms with E-state index in [-0.39, 0.29) is 12.2 Å². The molecule has 0 aliphatic carbocycles. The Morgan fingerprint density at radius 1 is 1.53 bits per heavy atom. The van der Waals surface area contributed by atoms with Crippen LogP contribution in [-0.2, 0) is 11.3 Å². The van der Waals surface area contributed by atoms with E-state index in [0.29, 0.717) is 25.2 Å². The fraction of sp³-hybridized carbons (Fsp3) is 0.417. The van der Waals surface area contributed by atoms with Crippen LogP contribution < -0.4 is 5.32 Å². The molecule has 1 heterocycles. The Labute approximate surface area is 110 Å². The molecule has 0 radical (unpaired) electrons. The topological polar surface area (TPSA) is 95.7 Å². The number of carbonyl (C=O) groups is 1. The molecule has 1 aliphatic heterocycles. The number of carboxylic acids is 1. The van der Waals surface area contributed by atoms with Gasteiger partial charge in [-0.1, -0.05) is 18.2 Å². The maximum Gasteiger partial charge on any atom is 0.322 e. The number of aliphatic carboxylic acids is 1. The van der Waals surface area contributed by atoms with Crippen molar-refractivity contribution >= 4 is 11.7 Å². The third-order valence-corrected chi connectivity index (χ3v) is 3.20. The van der Waals surface area contributed by atoms with Crippen LogP contribution in [0.25, 0.3) is 0 Å². The summed E-state index contributed by atoms with van der Waals surface area (Å²) in [7, 11) is 0. The van der Waals surface area contributed by atoms with Crippen molar-refractivity contribution in [2.24, 2.45) is 0 Å².